The lowest BCUT2D eigenvalue weighted by molar-refractivity contribution is -0.151. The molecular formula is C25H24F2N2O5. The van der Waals surface area contributed by atoms with Crippen molar-refractivity contribution >= 4 is 18.0 Å². The van der Waals surface area contributed by atoms with Gasteiger partial charge in [-0.3, -0.25) is 4.79 Å². The average molecular weight is 470 g/mol. The number of alkyl carbamates (subject to hydrolysis) is 1. The van der Waals surface area contributed by atoms with Gasteiger partial charge < -0.3 is 20.1 Å². The van der Waals surface area contributed by atoms with E-state index < -0.39 is 48.8 Å². The molecule has 34 heavy (non-hydrogen) atoms. The third-order valence-corrected chi connectivity index (χ3v) is 6.99. The molecule has 1 atom stereocenters. The Morgan fingerprint density at radius 1 is 1.03 bits per heavy atom. The van der Waals surface area contributed by atoms with Crippen LogP contribution in [-0.4, -0.2) is 59.1 Å². The lowest BCUT2D eigenvalue weighted by Crippen LogP contribution is -2.52. The average Bonchev–Trinajstić information content (AvgIpc) is 3.28. The van der Waals surface area contributed by atoms with E-state index >= 15 is 0 Å². The van der Waals surface area contributed by atoms with Crippen LogP contribution in [0, 0.1) is 5.92 Å². The molecule has 178 valence electrons. The summed E-state index contributed by atoms with van der Waals surface area (Å²) in [6.45, 7) is -0.720. The van der Waals surface area contributed by atoms with Crippen LogP contribution in [0.15, 0.2) is 48.5 Å². The van der Waals surface area contributed by atoms with Crippen molar-refractivity contribution < 1.29 is 33.0 Å². The molecule has 3 aliphatic rings. The predicted molar refractivity (Wildman–Crippen MR) is 117 cm³/mol. The van der Waals surface area contributed by atoms with Crippen molar-refractivity contribution in [2.75, 3.05) is 13.2 Å². The maximum Gasteiger partial charge on any atom is 0.407 e. The van der Waals surface area contributed by atoms with Crippen molar-refractivity contribution in [3.63, 3.8) is 0 Å². The Bertz CT molecular complexity index is 1100. The predicted octanol–water partition coefficient (Wildman–Crippen LogP) is 3.62. The zero-order valence-electron chi connectivity index (χ0n) is 18.2. The van der Waals surface area contributed by atoms with Gasteiger partial charge in [0.2, 0.25) is 5.91 Å². The number of amides is 2. The number of ether oxygens (including phenoxy) is 1. The number of alkyl halides is 2. The molecule has 1 saturated heterocycles. The number of likely N-dealkylation sites (tertiary alicyclic amines) is 1. The van der Waals surface area contributed by atoms with E-state index in [-0.39, 0.29) is 31.4 Å². The summed E-state index contributed by atoms with van der Waals surface area (Å²) in [4.78, 5) is 37.0. The normalized spacial score (nSPS) is 24.6. The summed E-state index contributed by atoms with van der Waals surface area (Å²) >= 11 is 0. The Morgan fingerprint density at radius 2 is 1.62 bits per heavy atom. The first-order valence-corrected chi connectivity index (χ1v) is 11.3. The fourth-order valence-corrected chi connectivity index (χ4v) is 5.25. The number of hydrogen-bond acceptors (Lipinski definition) is 4. The van der Waals surface area contributed by atoms with Crippen LogP contribution in [0.5, 0.6) is 0 Å². The molecule has 0 aromatic heterocycles. The molecule has 9 heteroatoms. The minimum absolute atomic E-state index is 0.0707. The van der Waals surface area contributed by atoms with Gasteiger partial charge in [-0.05, 0) is 35.1 Å². The second-order valence-electron chi connectivity index (χ2n) is 9.22. The van der Waals surface area contributed by atoms with E-state index in [1.165, 1.54) is 0 Å². The molecule has 2 N–H and O–H groups in total. The van der Waals surface area contributed by atoms with Gasteiger partial charge in [0.05, 0.1) is 6.54 Å². The lowest BCUT2D eigenvalue weighted by Gasteiger charge is -2.37. The fraction of sp³-hybridized carbons (Fsp3) is 0.400. The van der Waals surface area contributed by atoms with Crippen LogP contribution in [0.25, 0.3) is 11.1 Å². The lowest BCUT2D eigenvalue weighted by atomic mass is 9.79. The number of nitrogens with zero attached hydrogens (tertiary/aromatic N) is 1. The Balaban J connectivity index is 1.14. The van der Waals surface area contributed by atoms with Crippen molar-refractivity contribution in [1.29, 1.82) is 0 Å². The molecule has 1 saturated carbocycles. The van der Waals surface area contributed by atoms with Gasteiger partial charge in [-0.15, -0.1) is 0 Å². The number of nitrogens with one attached hydrogen (secondary N) is 1. The zero-order chi connectivity index (χ0) is 24.0. The first kappa shape index (κ1) is 22.3. The summed E-state index contributed by atoms with van der Waals surface area (Å²) in [5.74, 6) is -5.90. The van der Waals surface area contributed by atoms with E-state index in [0.29, 0.717) is 0 Å². The van der Waals surface area contributed by atoms with E-state index in [0.717, 1.165) is 27.2 Å². The molecule has 7 nitrogen and oxygen atoms in total. The highest BCUT2D eigenvalue weighted by Crippen LogP contribution is 2.44. The number of rotatable bonds is 5. The number of halogens is 2. The van der Waals surface area contributed by atoms with Gasteiger partial charge in [0.1, 0.15) is 12.6 Å². The third kappa shape index (κ3) is 3.99. The van der Waals surface area contributed by atoms with Crippen LogP contribution < -0.4 is 5.32 Å². The van der Waals surface area contributed by atoms with Gasteiger partial charge >= 0.3 is 12.1 Å². The Labute approximate surface area is 194 Å². The molecular weight excluding hydrogens is 446 g/mol. The minimum Gasteiger partial charge on any atom is -0.480 e. The van der Waals surface area contributed by atoms with Crippen LogP contribution in [-0.2, 0) is 14.3 Å². The maximum absolute atomic E-state index is 13.7. The topological polar surface area (TPSA) is 95.9 Å². The third-order valence-electron chi connectivity index (χ3n) is 6.99. The van der Waals surface area contributed by atoms with Crippen molar-refractivity contribution in [3.8, 4) is 11.1 Å². The summed E-state index contributed by atoms with van der Waals surface area (Å²) in [5.41, 5.74) is 4.45. The van der Waals surface area contributed by atoms with Gasteiger partial charge in [-0.25, -0.2) is 18.4 Å². The first-order valence-electron chi connectivity index (χ1n) is 11.3. The van der Waals surface area contributed by atoms with Crippen LogP contribution in [0.4, 0.5) is 13.6 Å². The highest BCUT2D eigenvalue weighted by molar-refractivity contribution is 5.87. The molecule has 2 aromatic carbocycles. The fourth-order valence-electron chi connectivity index (χ4n) is 5.25. The highest BCUT2D eigenvalue weighted by Gasteiger charge is 2.52. The van der Waals surface area contributed by atoms with Crippen molar-refractivity contribution in [2.24, 2.45) is 5.92 Å². The second-order valence-corrected chi connectivity index (χ2v) is 9.22. The number of benzene rings is 2. The smallest absolute Gasteiger partial charge is 0.407 e. The summed E-state index contributed by atoms with van der Waals surface area (Å²) in [7, 11) is 0. The molecule has 0 unspecified atom stereocenters. The molecule has 2 amide bonds. The molecule has 0 radical (unpaired) electrons. The standard InChI is InChI=1S/C25H24F2N2O5/c26-25(27)11-21(23(31)32)29(13-25)22(30)14-9-15(10-14)28-24(33)34-12-20-18-7-3-1-5-16(18)17-6-2-4-8-19(17)20/h1-8,14-15,20-21H,9-13H2,(H,28,33)(H,31,32)/t14?,15?,21-/m0/s1. The molecule has 0 bridgehead atoms. The van der Waals surface area contributed by atoms with E-state index in [2.05, 4.69) is 5.32 Å². The van der Waals surface area contributed by atoms with Crippen LogP contribution in [0.3, 0.4) is 0 Å². The molecule has 1 aliphatic heterocycles. The van der Waals surface area contributed by atoms with Crippen LogP contribution in [0.1, 0.15) is 36.3 Å². The Morgan fingerprint density at radius 3 is 2.21 bits per heavy atom. The van der Waals surface area contributed by atoms with E-state index in [4.69, 9.17) is 4.74 Å². The number of aliphatic carboxylic acids is 1. The van der Waals surface area contributed by atoms with Crippen molar-refractivity contribution in [3.05, 3.63) is 59.7 Å². The molecule has 5 rings (SSSR count). The summed E-state index contributed by atoms with van der Waals surface area (Å²) in [6, 6.07) is 14.2. The molecule has 2 aliphatic carbocycles. The second kappa shape index (κ2) is 8.38. The Hall–Kier alpha value is -3.49. The molecule has 2 fully saturated rings. The van der Waals surface area contributed by atoms with E-state index in [9.17, 15) is 28.3 Å². The summed E-state index contributed by atoms with van der Waals surface area (Å²) < 4.78 is 32.8. The number of fused-ring (bicyclic) bond motifs is 3. The molecule has 0 spiro atoms. The number of carbonyl (C=O) groups excluding carboxylic acids is 2. The van der Waals surface area contributed by atoms with Crippen molar-refractivity contribution in [1.82, 2.24) is 10.2 Å². The van der Waals surface area contributed by atoms with Gasteiger partial charge in [-0.1, -0.05) is 48.5 Å². The number of hydrogen-bond donors (Lipinski definition) is 2. The Kier molecular flexibility index (Phi) is 5.50. The SMILES string of the molecule is O=C(NC1CC(C(=O)N2CC(F)(F)C[C@H]2C(=O)O)C1)OCC1c2ccccc2-c2ccccc21. The monoisotopic (exact) mass is 470 g/mol. The number of carboxylic acid groups (broad SMARTS) is 1. The quantitative estimate of drug-likeness (QED) is 0.696. The summed E-state index contributed by atoms with van der Waals surface area (Å²) in [6.07, 6.45) is -0.953. The van der Waals surface area contributed by atoms with Crippen LogP contribution in [0.2, 0.25) is 0 Å². The van der Waals surface area contributed by atoms with E-state index in [1.54, 1.807) is 0 Å². The summed E-state index contributed by atoms with van der Waals surface area (Å²) in [5, 5.41) is 11.9. The van der Waals surface area contributed by atoms with Gasteiger partial charge in [0, 0.05) is 24.3 Å². The maximum atomic E-state index is 13.7. The van der Waals surface area contributed by atoms with E-state index in [1.807, 2.05) is 48.5 Å². The largest absolute Gasteiger partial charge is 0.480 e. The van der Waals surface area contributed by atoms with Crippen molar-refractivity contribution in [2.45, 2.75) is 43.2 Å². The highest BCUT2D eigenvalue weighted by atomic mass is 19.3. The molecule has 2 aromatic rings. The minimum atomic E-state index is -3.21. The zero-order valence-corrected chi connectivity index (χ0v) is 18.2. The first-order chi connectivity index (χ1) is 16.2. The molecule has 1 heterocycles. The number of carbonyl (C=O) groups is 3. The van der Waals surface area contributed by atoms with Crippen LogP contribution >= 0.6 is 0 Å². The van der Waals surface area contributed by atoms with Gasteiger partial charge in [0.25, 0.3) is 5.92 Å². The number of carboxylic acids is 1. The van der Waals surface area contributed by atoms with Gasteiger partial charge in [-0.2, -0.15) is 0 Å². The van der Waals surface area contributed by atoms with Gasteiger partial charge in [0.15, 0.2) is 0 Å².